The van der Waals surface area contributed by atoms with Crippen LogP contribution >= 0.6 is 0 Å². The number of rotatable bonds is 4. The van der Waals surface area contributed by atoms with Crippen molar-refractivity contribution in [3.8, 4) is 0 Å². The van der Waals surface area contributed by atoms with Gasteiger partial charge in [-0.3, -0.25) is 0 Å². The molecule has 1 aromatic rings. The second-order valence-electron chi connectivity index (χ2n) is 3.64. The van der Waals surface area contributed by atoms with E-state index in [9.17, 15) is 8.42 Å². The van der Waals surface area contributed by atoms with Crippen molar-refractivity contribution in [2.24, 2.45) is 0 Å². The normalized spacial score (nSPS) is 15.8. The molecule has 17 heavy (non-hydrogen) atoms. The highest BCUT2D eigenvalue weighted by Gasteiger charge is 2.28. The van der Waals surface area contributed by atoms with Gasteiger partial charge in [0.15, 0.2) is 0 Å². The maximum atomic E-state index is 12.0. The number of sulfonamides is 1. The average Bonchev–Trinajstić information content (AvgIpc) is 2.84. The predicted octanol–water partition coefficient (Wildman–Crippen LogP) is 1.25. The first-order valence-corrected chi connectivity index (χ1v) is 6.54. The first-order valence-electron chi connectivity index (χ1n) is 5.10. The summed E-state index contributed by atoms with van der Waals surface area (Å²) < 4.78 is 25.2. The van der Waals surface area contributed by atoms with E-state index in [0.29, 0.717) is 6.54 Å². The molecule has 0 fully saturated rings. The number of benzene rings is 1. The van der Waals surface area contributed by atoms with Gasteiger partial charge in [0.05, 0.1) is 0 Å². The van der Waals surface area contributed by atoms with E-state index in [0.717, 1.165) is 5.56 Å². The van der Waals surface area contributed by atoms with Crippen molar-refractivity contribution in [1.82, 2.24) is 4.31 Å². The fourth-order valence-corrected chi connectivity index (χ4v) is 2.49. The molecule has 0 N–H and O–H groups in total. The largest absolute Gasteiger partial charge is 0.324 e. The first kappa shape index (κ1) is 12.1. The van der Waals surface area contributed by atoms with E-state index < -0.39 is 10.0 Å². The number of hydrogen-bond acceptors (Lipinski definition) is 4. The Morgan fingerprint density at radius 3 is 2.59 bits per heavy atom. The molecule has 0 atom stereocenters. The Kier molecular flexibility index (Phi) is 3.46. The molecule has 5 nitrogen and oxygen atoms in total. The Balaban J connectivity index is 2.12. The summed E-state index contributed by atoms with van der Waals surface area (Å²) in [6.45, 7) is 0.456. The Labute approximate surface area is 100 Å². The van der Waals surface area contributed by atoms with Crippen LogP contribution < -0.4 is 0 Å². The summed E-state index contributed by atoms with van der Waals surface area (Å²) in [7, 11) is -2.08. The highest BCUT2D eigenvalue weighted by atomic mass is 32.2. The first-order chi connectivity index (χ1) is 8.10. The maximum Gasteiger partial charge on any atom is 0.279 e. The van der Waals surface area contributed by atoms with Crippen molar-refractivity contribution >= 4 is 10.0 Å². The highest BCUT2D eigenvalue weighted by Crippen LogP contribution is 2.19. The smallest absolute Gasteiger partial charge is 0.279 e. The molecule has 0 bridgehead atoms. The standard InChI is InChI=1S/C11H13NO4S/c1-12(9-10-5-3-2-4-6-10)17(13,14)11-7-8-15-16-11/h2-7H,8-9H2,1H3. The summed E-state index contributed by atoms with van der Waals surface area (Å²) in [6.07, 6.45) is 1.40. The average molecular weight is 255 g/mol. The zero-order valence-electron chi connectivity index (χ0n) is 9.37. The fourth-order valence-electron chi connectivity index (χ4n) is 1.46. The molecule has 0 spiro atoms. The molecule has 0 radical (unpaired) electrons. The van der Waals surface area contributed by atoms with Crippen LogP contribution in [0, 0.1) is 0 Å². The van der Waals surface area contributed by atoms with Crippen molar-refractivity contribution < 1.29 is 18.2 Å². The lowest BCUT2D eigenvalue weighted by molar-refractivity contribution is -0.226. The molecule has 0 amide bonds. The van der Waals surface area contributed by atoms with E-state index in [-0.39, 0.29) is 11.7 Å². The molecule has 0 unspecified atom stereocenters. The molecule has 6 heteroatoms. The van der Waals surface area contributed by atoms with Crippen LogP contribution in [0.3, 0.4) is 0 Å². The van der Waals surface area contributed by atoms with Crippen molar-refractivity contribution in [3.63, 3.8) is 0 Å². The molecule has 0 aromatic heterocycles. The lowest BCUT2D eigenvalue weighted by Crippen LogP contribution is -2.27. The van der Waals surface area contributed by atoms with Crippen LogP contribution in [0.1, 0.15) is 5.56 Å². The monoisotopic (exact) mass is 255 g/mol. The minimum absolute atomic E-state index is 0.143. The van der Waals surface area contributed by atoms with Gasteiger partial charge in [-0.1, -0.05) is 30.3 Å². The summed E-state index contributed by atoms with van der Waals surface area (Å²) in [6, 6.07) is 9.35. The van der Waals surface area contributed by atoms with Gasteiger partial charge in [0.25, 0.3) is 15.1 Å². The number of hydrogen-bond donors (Lipinski definition) is 0. The topological polar surface area (TPSA) is 55.8 Å². The van der Waals surface area contributed by atoms with E-state index in [1.807, 2.05) is 30.3 Å². The van der Waals surface area contributed by atoms with Crippen LogP contribution in [0.2, 0.25) is 0 Å². The molecule has 2 rings (SSSR count). The lowest BCUT2D eigenvalue weighted by Gasteiger charge is -2.16. The van der Waals surface area contributed by atoms with Gasteiger partial charge in [-0.2, -0.15) is 9.19 Å². The Morgan fingerprint density at radius 2 is 2.00 bits per heavy atom. The SMILES string of the molecule is CN(Cc1ccccc1)S(=O)(=O)C1=CCOO1. The van der Waals surface area contributed by atoms with Gasteiger partial charge in [0.1, 0.15) is 6.61 Å². The maximum absolute atomic E-state index is 12.0. The van der Waals surface area contributed by atoms with Gasteiger partial charge in [-0.25, -0.2) is 8.42 Å². The Morgan fingerprint density at radius 1 is 1.29 bits per heavy atom. The van der Waals surface area contributed by atoms with Gasteiger partial charge in [0.2, 0.25) is 0 Å². The van der Waals surface area contributed by atoms with E-state index in [1.165, 1.54) is 17.4 Å². The molecule has 0 aliphatic carbocycles. The van der Waals surface area contributed by atoms with Crippen LogP contribution in [0.25, 0.3) is 0 Å². The Hall–Kier alpha value is -1.37. The van der Waals surface area contributed by atoms with Crippen LogP contribution in [-0.2, 0) is 26.3 Å². The third-order valence-corrected chi connectivity index (χ3v) is 4.06. The summed E-state index contributed by atoms with van der Waals surface area (Å²) >= 11 is 0. The second-order valence-corrected chi connectivity index (χ2v) is 5.61. The molecule has 1 aliphatic rings. The summed E-state index contributed by atoms with van der Waals surface area (Å²) in [4.78, 5) is 9.15. The van der Waals surface area contributed by atoms with Crippen LogP contribution in [0.4, 0.5) is 0 Å². The van der Waals surface area contributed by atoms with Crippen molar-refractivity contribution in [3.05, 3.63) is 47.1 Å². The Bertz CT molecular complexity index is 510. The van der Waals surface area contributed by atoms with Gasteiger partial charge < -0.3 is 4.89 Å². The zero-order valence-corrected chi connectivity index (χ0v) is 10.2. The van der Waals surface area contributed by atoms with Crippen molar-refractivity contribution in [1.29, 1.82) is 0 Å². The van der Waals surface area contributed by atoms with Crippen LogP contribution in [-0.4, -0.2) is 26.4 Å². The highest BCUT2D eigenvalue weighted by molar-refractivity contribution is 7.92. The number of nitrogens with zero attached hydrogens (tertiary/aromatic N) is 1. The van der Waals surface area contributed by atoms with Crippen molar-refractivity contribution in [2.75, 3.05) is 13.7 Å². The lowest BCUT2D eigenvalue weighted by atomic mass is 10.2. The van der Waals surface area contributed by atoms with E-state index in [1.54, 1.807) is 0 Å². The third kappa shape index (κ3) is 2.66. The molecule has 0 saturated heterocycles. The van der Waals surface area contributed by atoms with Crippen LogP contribution in [0.15, 0.2) is 41.5 Å². The molecule has 1 aromatic carbocycles. The minimum Gasteiger partial charge on any atom is -0.324 e. The fraction of sp³-hybridized carbons (Fsp3) is 0.273. The zero-order chi connectivity index (χ0) is 12.3. The molecule has 92 valence electrons. The third-order valence-electron chi connectivity index (χ3n) is 2.37. The molecule has 1 aliphatic heterocycles. The summed E-state index contributed by atoms with van der Waals surface area (Å²) in [5, 5.41) is -0.143. The van der Waals surface area contributed by atoms with Crippen molar-refractivity contribution in [2.45, 2.75) is 6.54 Å². The summed E-state index contributed by atoms with van der Waals surface area (Å²) in [5.41, 5.74) is 0.915. The minimum atomic E-state index is -3.59. The van der Waals surface area contributed by atoms with E-state index >= 15 is 0 Å². The summed E-state index contributed by atoms with van der Waals surface area (Å²) in [5.74, 6) is 0. The van der Waals surface area contributed by atoms with Gasteiger partial charge in [-0.05, 0) is 5.56 Å². The molecular weight excluding hydrogens is 242 g/mol. The van der Waals surface area contributed by atoms with E-state index in [4.69, 9.17) is 0 Å². The van der Waals surface area contributed by atoms with Crippen LogP contribution in [0.5, 0.6) is 0 Å². The second kappa shape index (κ2) is 4.87. The molecule has 1 heterocycles. The van der Waals surface area contributed by atoms with E-state index in [2.05, 4.69) is 9.78 Å². The predicted molar refractivity (Wildman–Crippen MR) is 61.9 cm³/mol. The molecule has 0 saturated carbocycles. The van der Waals surface area contributed by atoms with Gasteiger partial charge >= 0.3 is 0 Å². The van der Waals surface area contributed by atoms with Gasteiger partial charge in [0, 0.05) is 19.7 Å². The quantitative estimate of drug-likeness (QED) is 0.760. The molecular formula is C11H13NO4S. The van der Waals surface area contributed by atoms with Gasteiger partial charge in [-0.15, -0.1) is 0 Å².